The molecule has 2 rings (SSSR count). The number of ether oxygens (including phenoxy) is 1. The summed E-state index contributed by atoms with van der Waals surface area (Å²) in [5.74, 6) is -0.494. The lowest BCUT2D eigenvalue weighted by atomic mass is 10.1. The quantitative estimate of drug-likeness (QED) is 0.762. The lowest BCUT2D eigenvalue weighted by molar-refractivity contribution is 0.415. The van der Waals surface area contributed by atoms with Crippen LogP contribution in [0.5, 0.6) is 5.75 Å². The first-order chi connectivity index (χ1) is 9.08. The molecule has 2 aromatic rings. The fraction of sp³-hybridized carbons (Fsp3) is 0.133. The van der Waals surface area contributed by atoms with Crippen molar-refractivity contribution >= 4 is 11.4 Å². The number of benzene rings is 2. The first-order valence-electron chi connectivity index (χ1n) is 5.74. The molecule has 0 atom stereocenters. The number of hydrogen-bond acceptors (Lipinski definition) is 2. The van der Waals surface area contributed by atoms with Crippen LogP contribution >= 0.6 is 0 Å². The van der Waals surface area contributed by atoms with Crippen LogP contribution in [0, 0.1) is 11.6 Å². The monoisotopic (exact) mass is 261 g/mol. The van der Waals surface area contributed by atoms with Crippen LogP contribution in [0.15, 0.2) is 47.5 Å². The van der Waals surface area contributed by atoms with Crippen molar-refractivity contribution in [3.63, 3.8) is 0 Å². The Bertz CT molecular complexity index is 586. The van der Waals surface area contributed by atoms with Crippen LogP contribution in [0.3, 0.4) is 0 Å². The van der Waals surface area contributed by atoms with Gasteiger partial charge >= 0.3 is 0 Å². The molecule has 0 aliphatic rings. The molecular formula is C15H13F2NO. The highest BCUT2D eigenvalue weighted by atomic mass is 19.1. The molecule has 19 heavy (non-hydrogen) atoms. The van der Waals surface area contributed by atoms with Gasteiger partial charge in [0, 0.05) is 17.3 Å². The van der Waals surface area contributed by atoms with Crippen LogP contribution in [-0.4, -0.2) is 12.8 Å². The molecule has 4 heteroatoms. The first-order valence-corrected chi connectivity index (χ1v) is 5.74. The maximum absolute atomic E-state index is 13.1. The highest BCUT2D eigenvalue weighted by Crippen LogP contribution is 2.19. The summed E-state index contributed by atoms with van der Waals surface area (Å²) in [6.07, 6.45) is 0. The van der Waals surface area contributed by atoms with Crippen LogP contribution in [0.1, 0.15) is 12.5 Å². The number of halogens is 2. The third-order valence-electron chi connectivity index (χ3n) is 2.65. The largest absolute Gasteiger partial charge is 0.497 e. The minimum Gasteiger partial charge on any atom is -0.497 e. The van der Waals surface area contributed by atoms with Gasteiger partial charge in [-0.3, -0.25) is 4.99 Å². The van der Waals surface area contributed by atoms with E-state index in [1.807, 2.05) is 0 Å². The summed E-state index contributed by atoms with van der Waals surface area (Å²) in [5, 5.41) is 0. The lowest BCUT2D eigenvalue weighted by Gasteiger charge is -2.03. The van der Waals surface area contributed by atoms with Crippen LogP contribution < -0.4 is 4.74 Å². The molecule has 0 saturated heterocycles. The zero-order valence-corrected chi connectivity index (χ0v) is 10.7. The molecule has 2 aromatic carbocycles. The molecule has 0 aliphatic heterocycles. The topological polar surface area (TPSA) is 21.6 Å². The zero-order valence-electron chi connectivity index (χ0n) is 10.7. The average molecular weight is 261 g/mol. The summed E-state index contributed by atoms with van der Waals surface area (Å²) in [5.41, 5.74) is 1.67. The van der Waals surface area contributed by atoms with Gasteiger partial charge in [-0.25, -0.2) is 8.78 Å². The maximum atomic E-state index is 13.1. The van der Waals surface area contributed by atoms with Gasteiger partial charge in [0.2, 0.25) is 0 Å². The molecule has 98 valence electrons. The summed E-state index contributed by atoms with van der Waals surface area (Å²) < 4.78 is 31.3. The molecule has 0 fully saturated rings. The highest BCUT2D eigenvalue weighted by Gasteiger charge is 2.03. The van der Waals surface area contributed by atoms with Gasteiger partial charge in [-0.1, -0.05) is 0 Å². The second-order valence-electron chi connectivity index (χ2n) is 4.05. The van der Waals surface area contributed by atoms with E-state index in [9.17, 15) is 8.78 Å². The standard InChI is InChI=1S/C15H13F2NO/c1-10(11-7-12(16)9-13(17)8-11)18-14-3-5-15(19-2)6-4-14/h3-9H,1-2H3. The fourth-order valence-corrected chi connectivity index (χ4v) is 1.68. The van der Waals surface area contributed by atoms with Crippen molar-refractivity contribution in [2.45, 2.75) is 6.92 Å². The van der Waals surface area contributed by atoms with Crippen LogP contribution in [-0.2, 0) is 0 Å². The van der Waals surface area contributed by atoms with Crippen molar-refractivity contribution in [3.8, 4) is 5.75 Å². The van der Waals surface area contributed by atoms with Gasteiger partial charge in [0.05, 0.1) is 12.8 Å². The van der Waals surface area contributed by atoms with Gasteiger partial charge in [0.1, 0.15) is 17.4 Å². The minimum atomic E-state index is -0.612. The van der Waals surface area contributed by atoms with Gasteiger partial charge < -0.3 is 4.74 Å². The summed E-state index contributed by atoms with van der Waals surface area (Å²) in [4.78, 5) is 4.31. The molecule has 0 unspecified atom stereocenters. The third kappa shape index (κ3) is 3.37. The third-order valence-corrected chi connectivity index (χ3v) is 2.65. The van der Waals surface area contributed by atoms with E-state index in [0.29, 0.717) is 17.0 Å². The Morgan fingerprint density at radius 1 is 1.00 bits per heavy atom. The SMILES string of the molecule is COc1ccc(N=C(C)c2cc(F)cc(F)c2)cc1. The van der Waals surface area contributed by atoms with Gasteiger partial charge in [0.15, 0.2) is 0 Å². The molecule has 0 aromatic heterocycles. The zero-order chi connectivity index (χ0) is 13.8. The maximum Gasteiger partial charge on any atom is 0.126 e. The number of aliphatic imine (C=N–C) groups is 1. The van der Waals surface area contributed by atoms with Crippen molar-refractivity contribution in [1.29, 1.82) is 0 Å². The fourth-order valence-electron chi connectivity index (χ4n) is 1.68. The van der Waals surface area contributed by atoms with E-state index < -0.39 is 11.6 Å². The Balaban J connectivity index is 2.30. The Morgan fingerprint density at radius 2 is 1.58 bits per heavy atom. The summed E-state index contributed by atoms with van der Waals surface area (Å²) >= 11 is 0. The van der Waals surface area contributed by atoms with Crippen LogP contribution in [0.25, 0.3) is 0 Å². The van der Waals surface area contributed by atoms with Crippen LogP contribution in [0.4, 0.5) is 14.5 Å². The van der Waals surface area contributed by atoms with Gasteiger partial charge in [-0.2, -0.15) is 0 Å². The second-order valence-corrected chi connectivity index (χ2v) is 4.05. The van der Waals surface area contributed by atoms with E-state index in [4.69, 9.17) is 4.74 Å². The lowest BCUT2D eigenvalue weighted by Crippen LogP contribution is -1.96. The molecule has 0 spiro atoms. The van der Waals surface area contributed by atoms with Crippen molar-refractivity contribution < 1.29 is 13.5 Å². The van der Waals surface area contributed by atoms with E-state index >= 15 is 0 Å². The van der Waals surface area contributed by atoms with E-state index in [0.717, 1.165) is 11.8 Å². The Labute approximate surface area is 110 Å². The van der Waals surface area contributed by atoms with Gasteiger partial charge in [-0.15, -0.1) is 0 Å². The van der Waals surface area contributed by atoms with E-state index in [1.54, 1.807) is 38.3 Å². The predicted molar refractivity (Wildman–Crippen MR) is 71.2 cm³/mol. The summed E-state index contributed by atoms with van der Waals surface area (Å²) in [6.45, 7) is 1.71. The number of hydrogen-bond donors (Lipinski definition) is 0. The van der Waals surface area contributed by atoms with E-state index in [2.05, 4.69) is 4.99 Å². The molecular weight excluding hydrogens is 248 g/mol. The minimum absolute atomic E-state index is 0.424. The number of nitrogens with zero attached hydrogens (tertiary/aromatic N) is 1. The molecule has 0 amide bonds. The van der Waals surface area contributed by atoms with Gasteiger partial charge in [0.25, 0.3) is 0 Å². The summed E-state index contributed by atoms with van der Waals surface area (Å²) in [6, 6.07) is 10.5. The Morgan fingerprint density at radius 3 is 2.11 bits per heavy atom. The molecule has 0 saturated carbocycles. The smallest absolute Gasteiger partial charge is 0.126 e. The predicted octanol–water partition coefficient (Wildman–Crippen LogP) is 4.11. The van der Waals surface area contributed by atoms with Crippen molar-refractivity contribution in [2.75, 3.05) is 7.11 Å². The average Bonchev–Trinajstić information content (AvgIpc) is 2.38. The number of methoxy groups -OCH3 is 1. The summed E-state index contributed by atoms with van der Waals surface area (Å²) in [7, 11) is 1.58. The Kier molecular flexibility index (Phi) is 3.90. The molecule has 0 heterocycles. The molecule has 0 radical (unpaired) electrons. The first kappa shape index (κ1) is 13.2. The van der Waals surface area contributed by atoms with E-state index in [-0.39, 0.29) is 0 Å². The van der Waals surface area contributed by atoms with Crippen molar-refractivity contribution in [3.05, 3.63) is 59.7 Å². The molecule has 0 bridgehead atoms. The second kappa shape index (κ2) is 5.61. The molecule has 0 aliphatic carbocycles. The van der Waals surface area contributed by atoms with Gasteiger partial charge in [-0.05, 0) is 43.3 Å². The Hall–Kier alpha value is -2.23. The van der Waals surface area contributed by atoms with Crippen molar-refractivity contribution in [2.24, 2.45) is 4.99 Å². The molecule has 2 nitrogen and oxygen atoms in total. The highest BCUT2D eigenvalue weighted by molar-refractivity contribution is 6.00. The number of rotatable bonds is 3. The van der Waals surface area contributed by atoms with Crippen LogP contribution in [0.2, 0.25) is 0 Å². The van der Waals surface area contributed by atoms with E-state index in [1.165, 1.54) is 12.1 Å². The molecule has 0 N–H and O–H groups in total. The normalized spacial score (nSPS) is 11.5. The van der Waals surface area contributed by atoms with Crippen molar-refractivity contribution in [1.82, 2.24) is 0 Å².